The van der Waals surface area contributed by atoms with Gasteiger partial charge in [0, 0.05) is 18.5 Å². The van der Waals surface area contributed by atoms with E-state index in [9.17, 15) is 9.18 Å². The van der Waals surface area contributed by atoms with Crippen LogP contribution in [0.15, 0.2) is 54.1 Å². The second kappa shape index (κ2) is 6.15. The molecule has 1 aliphatic rings. The summed E-state index contributed by atoms with van der Waals surface area (Å²) in [5, 5.41) is 2.82. The van der Waals surface area contributed by atoms with Crippen molar-refractivity contribution in [2.24, 2.45) is 0 Å². The average molecular weight is 324 g/mol. The number of benzene rings is 1. The normalized spacial score (nSPS) is 21.9. The fraction of sp³-hybridized carbons (Fsp3) is 0.267. The van der Waals surface area contributed by atoms with Gasteiger partial charge in [-0.25, -0.2) is 4.39 Å². The molecule has 2 rings (SSSR count). The first-order valence-electron chi connectivity index (χ1n) is 6.16. The quantitative estimate of drug-likeness (QED) is 0.820. The van der Waals surface area contributed by atoms with E-state index in [0.29, 0.717) is 19.3 Å². The van der Waals surface area contributed by atoms with Crippen LogP contribution in [0, 0.1) is 0 Å². The molecule has 0 saturated heterocycles. The number of allylic oxidation sites excluding steroid dienone is 4. The molecule has 0 fully saturated rings. The molecule has 1 amide bonds. The van der Waals surface area contributed by atoms with Crippen LogP contribution in [-0.4, -0.2) is 10.5 Å². The van der Waals surface area contributed by atoms with E-state index in [1.165, 1.54) is 6.08 Å². The molecule has 100 valence electrons. The van der Waals surface area contributed by atoms with Gasteiger partial charge >= 0.3 is 0 Å². The minimum absolute atomic E-state index is 0.0311. The van der Waals surface area contributed by atoms with Crippen molar-refractivity contribution >= 4 is 27.5 Å². The van der Waals surface area contributed by atoms with Gasteiger partial charge in [0.25, 0.3) is 0 Å². The SMILES string of the molecule is O=C(CCC1=CCC(F)(Br)C=C1)Nc1ccccc1. The van der Waals surface area contributed by atoms with Crippen LogP contribution >= 0.6 is 15.9 Å². The highest BCUT2D eigenvalue weighted by atomic mass is 79.9. The number of carbonyl (C=O) groups is 1. The second-order valence-corrected chi connectivity index (χ2v) is 5.81. The Morgan fingerprint density at radius 2 is 2.11 bits per heavy atom. The molecule has 1 aliphatic carbocycles. The van der Waals surface area contributed by atoms with Crippen molar-refractivity contribution in [1.82, 2.24) is 0 Å². The summed E-state index contributed by atoms with van der Waals surface area (Å²) in [6, 6.07) is 9.34. The lowest BCUT2D eigenvalue weighted by Crippen LogP contribution is -2.13. The van der Waals surface area contributed by atoms with Crippen molar-refractivity contribution in [2.75, 3.05) is 5.32 Å². The van der Waals surface area contributed by atoms with Gasteiger partial charge in [-0.05, 0) is 40.6 Å². The van der Waals surface area contributed by atoms with Gasteiger partial charge in [-0.3, -0.25) is 4.79 Å². The predicted molar refractivity (Wildman–Crippen MR) is 78.9 cm³/mol. The zero-order chi connectivity index (χ0) is 13.7. The monoisotopic (exact) mass is 323 g/mol. The van der Waals surface area contributed by atoms with Gasteiger partial charge in [0.2, 0.25) is 5.91 Å². The first-order chi connectivity index (χ1) is 9.05. The molecule has 1 aromatic rings. The Labute approximate surface area is 120 Å². The third kappa shape index (κ3) is 4.63. The summed E-state index contributed by atoms with van der Waals surface area (Å²) >= 11 is 2.97. The molecule has 0 radical (unpaired) electrons. The lowest BCUT2D eigenvalue weighted by molar-refractivity contribution is -0.116. The Bertz CT molecular complexity index is 508. The first kappa shape index (κ1) is 14.0. The Morgan fingerprint density at radius 1 is 1.37 bits per heavy atom. The number of halogens is 2. The fourth-order valence-electron chi connectivity index (χ4n) is 1.82. The van der Waals surface area contributed by atoms with Crippen LogP contribution in [0.2, 0.25) is 0 Å². The Hall–Kier alpha value is -1.42. The topological polar surface area (TPSA) is 29.1 Å². The molecule has 1 N–H and O–H groups in total. The van der Waals surface area contributed by atoms with Crippen molar-refractivity contribution in [3.8, 4) is 0 Å². The number of hydrogen-bond acceptors (Lipinski definition) is 1. The second-order valence-electron chi connectivity index (χ2n) is 4.49. The van der Waals surface area contributed by atoms with Gasteiger partial charge in [0.15, 0.2) is 4.58 Å². The van der Waals surface area contributed by atoms with E-state index in [1.54, 1.807) is 6.08 Å². The zero-order valence-corrected chi connectivity index (χ0v) is 12.0. The zero-order valence-electron chi connectivity index (χ0n) is 10.4. The number of rotatable bonds is 4. The Morgan fingerprint density at radius 3 is 2.74 bits per heavy atom. The first-order valence-corrected chi connectivity index (χ1v) is 6.95. The molecular weight excluding hydrogens is 309 g/mol. The molecule has 19 heavy (non-hydrogen) atoms. The number of para-hydroxylation sites is 1. The van der Waals surface area contributed by atoms with E-state index < -0.39 is 4.58 Å². The molecule has 0 aromatic heterocycles. The number of amides is 1. The van der Waals surface area contributed by atoms with Crippen molar-refractivity contribution in [1.29, 1.82) is 0 Å². The molecule has 1 unspecified atom stereocenters. The minimum Gasteiger partial charge on any atom is -0.326 e. The fourth-order valence-corrected chi connectivity index (χ4v) is 2.11. The van der Waals surface area contributed by atoms with Crippen molar-refractivity contribution in [2.45, 2.75) is 23.8 Å². The largest absolute Gasteiger partial charge is 0.326 e. The Balaban J connectivity index is 1.79. The van der Waals surface area contributed by atoms with Crippen LogP contribution in [0.25, 0.3) is 0 Å². The average Bonchev–Trinajstić information content (AvgIpc) is 2.39. The summed E-state index contributed by atoms with van der Waals surface area (Å²) in [4.78, 5) is 11.7. The van der Waals surface area contributed by atoms with E-state index in [2.05, 4.69) is 21.2 Å². The highest BCUT2D eigenvalue weighted by molar-refractivity contribution is 9.10. The molecule has 0 spiro atoms. The van der Waals surface area contributed by atoms with Crippen LogP contribution < -0.4 is 5.32 Å². The lowest BCUT2D eigenvalue weighted by Gasteiger charge is -2.16. The van der Waals surface area contributed by atoms with E-state index in [4.69, 9.17) is 0 Å². The van der Waals surface area contributed by atoms with E-state index in [0.717, 1.165) is 11.3 Å². The maximum absolute atomic E-state index is 13.4. The molecule has 4 heteroatoms. The van der Waals surface area contributed by atoms with Gasteiger partial charge in [0.05, 0.1) is 0 Å². The van der Waals surface area contributed by atoms with Crippen LogP contribution in [0.1, 0.15) is 19.3 Å². The van der Waals surface area contributed by atoms with Gasteiger partial charge in [0.1, 0.15) is 0 Å². The highest BCUT2D eigenvalue weighted by Gasteiger charge is 2.23. The molecule has 0 saturated carbocycles. The molecule has 0 heterocycles. The highest BCUT2D eigenvalue weighted by Crippen LogP contribution is 2.32. The third-order valence-corrected chi connectivity index (χ3v) is 3.46. The molecular formula is C15H15BrFNO. The van der Waals surface area contributed by atoms with Crippen LogP contribution in [0.4, 0.5) is 10.1 Å². The van der Waals surface area contributed by atoms with Gasteiger partial charge in [-0.2, -0.15) is 0 Å². The summed E-state index contributed by atoms with van der Waals surface area (Å²) in [5.74, 6) is -0.0311. The van der Waals surface area contributed by atoms with Crippen molar-refractivity contribution < 1.29 is 9.18 Å². The summed E-state index contributed by atoms with van der Waals surface area (Å²) in [6.45, 7) is 0. The maximum Gasteiger partial charge on any atom is 0.224 e. The number of nitrogens with one attached hydrogen (secondary N) is 1. The van der Waals surface area contributed by atoms with Gasteiger partial charge in [-0.1, -0.05) is 35.9 Å². The molecule has 1 atom stereocenters. The van der Waals surface area contributed by atoms with Crippen LogP contribution in [-0.2, 0) is 4.79 Å². The van der Waals surface area contributed by atoms with E-state index >= 15 is 0 Å². The third-order valence-electron chi connectivity index (χ3n) is 2.88. The summed E-state index contributed by atoms with van der Waals surface area (Å²) in [5.41, 5.74) is 1.79. The van der Waals surface area contributed by atoms with Gasteiger partial charge in [-0.15, -0.1) is 0 Å². The van der Waals surface area contributed by atoms with E-state index in [1.807, 2.05) is 36.4 Å². The van der Waals surface area contributed by atoms with Crippen molar-refractivity contribution in [3.05, 3.63) is 54.1 Å². The molecule has 0 bridgehead atoms. The maximum atomic E-state index is 13.4. The predicted octanol–water partition coefficient (Wildman–Crippen LogP) is 4.35. The number of carbonyl (C=O) groups excluding carboxylic acids is 1. The standard InChI is InChI=1S/C15H15BrFNO/c16-15(17)10-8-12(9-11-15)6-7-14(19)18-13-4-2-1-3-5-13/h1-5,8-10H,6-7,11H2,(H,18,19). The van der Waals surface area contributed by atoms with Gasteiger partial charge < -0.3 is 5.32 Å². The number of anilines is 1. The van der Waals surface area contributed by atoms with Crippen LogP contribution in [0.3, 0.4) is 0 Å². The molecule has 0 aliphatic heterocycles. The molecule has 1 aromatic carbocycles. The Kier molecular flexibility index (Phi) is 4.53. The number of alkyl halides is 2. The number of hydrogen-bond donors (Lipinski definition) is 1. The van der Waals surface area contributed by atoms with Crippen molar-refractivity contribution in [3.63, 3.8) is 0 Å². The van der Waals surface area contributed by atoms with E-state index in [-0.39, 0.29) is 5.91 Å². The minimum atomic E-state index is -1.43. The lowest BCUT2D eigenvalue weighted by atomic mass is 10.0. The molecule has 2 nitrogen and oxygen atoms in total. The smallest absolute Gasteiger partial charge is 0.224 e. The summed E-state index contributed by atoms with van der Waals surface area (Å²) < 4.78 is 12.0. The summed E-state index contributed by atoms with van der Waals surface area (Å²) in [7, 11) is 0. The van der Waals surface area contributed by atoms with Crippen LogP contribution in [0.5, 0.6) is 0 Å². The summed E-state index contributed by atoms with van der Waals surface area (Å²) in [6.07, 6.45) is 6.36.